The van der Waals surface area contributed by atoms with Gasteiger partial charge in [0.2, 0.25) is 10.0 Å². The third kappa shape index (κ3) is 4.15. The van der Waals surface area contributed by atoms with Gasteiger partial charge in [0.25, 0.3) is 5.91 Å². The normalized spacial score (nSPS) is 16.9. The first-order chi connectivity index (χ1) is 11.2. The summed E-state index contributed by atoms with van der Waals surface area (Å²) in [5.41, 5.74) is 0. The number of nitrogens with one attached hydrogen (secondary N) is 1. The second-order valence-electron chi connectivity index (χ2n) is 6.06. The van der Waals surface area contributed by atoms with E-state index in [9.17, 15) is 18.0 Å². The van der Waals surface area contributed by atoms with Gasteiger partial charge in [0.1, 0.15) is 10.7 Å². The monoisotopic (exact) mass is 358 g/mol. The zero-order valence-electron chi connectivity index (χ0n) is 13.7. The van der Waals surface area contributed by atoms with E-state index < -0.39 is 21.9 Å². The van der Waals surface area contributed by atoms with Crippen LogP contribution in [0.25, 0.3) is 0 Å². The molecule has 0 aromatic carbocycles. The molecule has 1 amide bonds. The topological polar surface area (TPSA) is 117 Å². The molecule has 2 heterocycles. The highest BCUT2D eigenvalue weighted by atomic mass is 32.2. The molecule has 0 radical (unpaired) electrons. The Hall–Kier alpha value is -1.87. The van der Waals surface area contributed by atoms with Gasteiger partial charge in [0.15, 0.2) is 5.76 Å². The maximum atomic E-state index is 12.5. The molecule has 8 nitrogen and oxygen atoms in total. The smallest absolute Gasteiger partial charge is 0.303 e. The van der Waals surface area contributed by atoms with Gasteiger partial charge in [0, 0.05) is 32.1 Å². The van der Waals surface area contributed by atoms with Gasteiger partial charge in [-0.3, -0.25) is 9.59 Å². The van der Waals surface area contributed by atoms with Gasteiger partial charge in [-0.05, 0) is 25.7 Å². The Balaban J connectivity index is 2.07. The summed E-state index contributed by atoms with van der Waals surface area (Å²) in [6.45, 7) is 4.32. The standard InChI is InChI=1S/C15H22N2O6S/c1-10(7-14(18)19)9-16-15(20)12-8-13(11(2)23-12)24(21,22)17-5-3-4-6-17/h8,10H,3-7,9H2,1-2H3,(H,16,20)(H,18,19). The van der Waals surface area contributed by atoms with Crippen molar-refractivity contribution in [3.63, 3.8) is 0 Å². The summed E-state index contributed by atoms with van der Waals surface area (Å²) in [4.78, 5) is 22.7. The van der Waals surface area contributed by atoms with Crippen LogP contribution in [-0.2, 0) is 14.8 Å². The fourth-order valence-electron chi connectivity index (χ4n) is 2.63. The molecule has 9 heteroatoms. The number of sulfonamides is 1. The molecule has 0 bridgehead atoms. The lowest BCUT2D eigenvalue weighted by Gasteiger charge is -2.14. The highest BCUT2D eigenvalue weighted by Gasteiger charge is 2.31. The first kappa shape index (κ1) is 18.5. The number of rotatable bonds is 7. The van der Waals surface area contributed by atoms with Crippen LogP contribution >= 0.6 is 0 Å². The summed E-state index contributed by atoms with van der Waals surface area (Å²) < 4.78 is 31.8. The van der Waals surface area contributed by atoms with Crippen LogP contribution in [0.4, 0.5) is 0 Å². The van der Waals surface area contributed by atoms with E-state index in [-0.39, 0.29) is 35.3 Å². The number of furan rings is 1. The van der Waals surface area contributed by atoms with E-state index in [1.54, 1.807) is 6.92 Å². The first-order valence-electron chi connectivity index (χ1n) is 7.82. The van der Waals surface area contributed by atoms with Gasteiger partial charge in [-0.1, -0.05) is 6.92 Å². The Labute approximate surface area is 140 Å². The molecule has 1 saturated heterocycles. The Morgan fingerprint density at radius 3 is 2.58 bits per heavy atom. The van der Waals surface area contributed by atoms with Crippen LogP contribution in [0.3, 0.4) is 0 Å². The van der Waals surface area contributed by atoms with Gasteiger partial charge >= 0.3 is 5.97 Å². The van der Waals surface area contributed by atoms with Crippen LogP contribution in [0.2, 0.25) is 0 Å². The Morgan fingerprint density at radius 1 is 1.38 bits per heavy atom. The summed E-state index contributed by atoms with van der Waals surface area (Å²) in [5.74, 6) is -1.66. The number of carbonyl (C=O) groups is 2. The highest BCUT2D eigenvalue weighted by molar-refractivity contribution is 7.89. The molecule has 1 fully saturated rings. The lowest BCUT2D eigenvalue weighted by atomic mass is 10.1. The van der Waals surface area contributed by atoms with Crippen LogP contribution in [0.5, 0.6) is 0 Å². The summed E-state index contributed by atoms with van der Waals surface area (Å²) >= 11 is 0. The van der Waals surface area contributed by atoms with Gasteiger partial charge in [-0.15, -0.1) is 0 Å². The summed E-state index contributed by atoms with van der Waals surface area (Å²) in [7, 11) is -3.65. The minimum atomic E-state index is -3.65. The highest BCUT2D eigenvalue weighted by Crippen LogP contribution is 2.26. The average molecular weight is 358 g/mol. The van der Waals surface area contributed by atoms with E-state index in [4.69, 9.17) is 9.52 Å². The summed E-state index contributed by atoms with van der Waals surface area (Å²) in [6.07, 6.45) is 1.59. The first-order valence-corrected chi connectivity index (χ1v) is 9.26. The second-order valence-corrected chi connectivity index (χ2v) is 7.96. The largest absolute Gasteiger partial charge is 0.481 e. The molecular formula is C15H22N2O6S. The average Bonchev–Trinajstić information content (AvgIpc) is 3.13. The number of carboxylic acid groups (broad SMARTS) is 1. The molecule has 1 aromatic rings. The lowest BCUT2D eigenvalue weighted by molar-refractivity contribution is -0.137. The number of nitrogens with zero attached hydrogens (tertiary/aromatic N) is 1. The predicted octanol–water partition coefficient (Wildman–Crippen LogP) is 1.21. The van der Waals surface area contributed by atoms with Crippen molar-refractivity contribution in [2.75, 3.05) is 19.6 Å². The number of aryl methyl sites for hydroxylation is 1. The molecule has 134 valence electrons. The van der Waals surface area contributed by atoms with Gasteiger partial charge in [-0.25, -0.2) is 8.42 Å². The van der Waals surface area contributed by atoms with E-state index in [0.717, 1.165) is 12.8 Å². The number of carboxylic acids is 1. The van der Waals surface area contributed by atoms with E-state index in [1.807, 2.05) is 0 Å². The van der Waals surface area contributed by atoms with Crippen molar-refractivity contribution in [3.05, 3.63) is 17.6 Å². The molecule has 1 atom stereocenters. The molecule has 1 aromatic heterocycles. The quantitative estimate of drug-likeness (QED) is 0.757. The zero-order chi connectivity index (χ0) is 17.9. The molecule has 1 aliphatic rings. The predicted molar refractivity (Wildman–Crippen MR) is 85.2 cm³/mol. The van der Waals surface area contributed by atoms with E-state index in [0.29, 0.717) is 13.1 Å². The third-order valence-electron chi connectivity index (χ3n) is 3.91. The SMILES string of the molecule is Cc1oc(C(=O)NCC(C)CC(=O)O)cc1S(=O)(=O)N1CCCC1. The number of carbonyl (C=O) groups excluding carboxylic acids is 1. The lowest BCUT2D eigenvalue weighted by Crippen LogP contribution is -2.29. The molecule has 1 unspecified atom stereocenters. The Kier molecular flexibility index (Phi) is 5.66. The van der Waals surface area contributed by atoms with Crippen molar-refractivity contribution in [1.82, 2.24) is 9.62 Å². The molecule has 2 rings (SSSR count). The molecule has 0 aliphatic carbocycles. The van der Waals surface area contributed by atoms with Crippen LogP contribution in [0, 0.1) is 12.8 Å². The van der Waals surface area contributed by atoms with Crippen molar-refractivity contribution in [3.8, 4) is 0 Å². The Morgan fingerprint density at radius 2 is 2.00 bits per heavy atom. The number of aliphatic carboxylic acids is 1. The molecule has 0 saturated carbocycles. The van der Waals surface area contributed by atoms with Crippen LogP contribution in [0.1, 0.15) is 42.5 Å². The molecule has 0 spiro atoms. The molecule has 1 aliphatic heterocycles. The van der Waals surface area contributed by atoms with Crippen LogP contribution in [-0.4, -0.2) is 49.3 Å². The fraction of sp³-hybridized carbons (Fsp3) is 0.600. The fourth-order valence-corrected chi connectivity index (χ4v) is 4.30. The van der Waals surface area contributed by atoms with Crippen molar-refractivity contribution in [1.29, 1.82) is 0 Å². The maximum absolute atomic E-state index is 12.5. The van der Waals surface area contributed by atoms with Crippen molar-refractivity contribution in [2.24, 2.45) is 5.92 Å². The third-order valence-corrected chi connectivity index (χ3v) is 5.92. The summed E-state index contributed by atoms with van der Waals surface area (Å²) in [6, 6.07) is 1.24. The van der Waals surface area contributed by atoms with E-state index in [1.165, 1.54) is 17.3 Å². The molecule has 2 N–H and O–H groups in total. The van der Waals surface area contributed by atoms with Gasteiger partial charge in [-0.2, -0.15) is 4.31 Å². The molecular weight excluding hydrogens is 336 g/mol. The number of hydrogen-bond donors (Lipinski definition) is 2. The van der Waals surface area contributed by atoms with Crippen molar-refractivity contribution < 1.29 is 27.5 Å². The van der Waals surface area contributed by atoms with Crippen LogP contribution < -0.4 is 5.32 Å². The number of hydrogen-bond acceptors (Lipinski definition) is 5. The maximum Gasteiger partial charge on any atom is 0.303 e. The molecule has 24 heavy (non-hydrogen) atoms. The minimum absolute atomic E-state index is 0.00753. The van der Waals surface area contributed by atoms with Crippen molar-refractivity contribution >= 4 is 21.9 Å². The Bertz CT molecular complexity index is 718. The van der Waals surface area contributed by atoms with Gasteiger partial charge in [0.05, 0.1) is 0 Å². The van der Waals surface area contributed by atoms with E-state index in [2.05, 4.69) is 5.32 Å². The summed E-state index contributed by atoms with van der Waals surface area (Å²) in [5, 5.41) is 11.3. The van der Waals surface area contributed by atoms with Crippen LogP contribution in [0.15, 0.2) is 15.4 Å². The van der Waals surface area contributed by atoms with Crippen molar-refractivity contribution in [2.45, 2.75) is 38.0 Å². The minimum Gasteiger partial charge on any atom is -0.481 e. The number of amides is 1. The second kappa shape index (κ2) is 7.35. The zero-order valence-corrected chi connectivity index (χ0v) is 14.6. The van der Waals surface area contributed by atoms with Gasteiger partial charge < -0.3 is 14.8 Å². The van der Waals surface area contributed by atoms with E-state index >= 15 is 0 Å².